The summed E-state index contributed by atoms with van der Waals surface area (Å²) in [6, 6.07) is 0.642. The minimum Gasteiger partial charge on any atom is -0.314 e. The zero-order chi connectivity index (χ0) is 14.4. The van der Waals surface area contributed by atoms with Crippen LogP contribution in [0.1, 0.15) is 45.4 Å². The molecule has 2 atom stereocenters. The Balaban J connectivity index is 1.86. The number of nitrogens with zero attached hydrogens (tertiary/aromatic N) is 1. The zero-order valence-electron chi connectivity index (χ0n) is 12.8. The van der Waals surface area contributed by atoms with Gasteiger partial charge in [0, 0.05) is 19.1 Å². The molecule has 2 rings (SSSR count). The molecule has 1 N–H and O–H groups in total. The monoisotopic (exact) mass is 302 g/mol. The van der Waals surface area contributed by atoms with Crippen molar-refractivity contribution in [2.24, 2.45) is 5.92 Å². The molecule has 5 heteroatoms. The molecular formula is C15H30N2O2S. The molecule has 1 saturated heterocycles. The molecule has 1 heterocycles. The average molecular weight is 302 g/mol. The Morgan fingerprint density at radius 1 is 1.10 bits per heavy atom. The van der Waals surface area contributed by atoms with Gasteiger partial charge in [-0.3, -0.25) is 0 Å². The first kappa shape index (κ1) is 16.2. The second-order valence-electron chi connectivity index (χ2n) is 6.41. The van der Waals surface area contributed by atoms with Gasteiger partial charge in [-0.05, 0) is 44.7 Å². The Hall–Kier alpha value is -0.130. The van der Waals surface area contributed by atoms with Crippen molar-refractivity contribution in [1.29, 1.82) is 0 Å². The van der Waals surface area contributed by atoms with Crippen molar-refractivity contribution in [3.8, 4) is 0 Å². The van der Waals surface area contributed by atoms with E-state index in [0.29, 0.717) is 23.5 Å². The Morgan fingerprint density at radius 2 is 1.90 bits per heavy atom. The van der Waals surface area contributed by atoms with Crippen molar-refractivity contribution in [3.63, 3.8) is 0 Å². The molecule has 4 nitrogen and oxygen atoms in total. The molecule has 0 aromatic carbocycles. The second kappa shape index (κ2) is 7.76. The molecule has 2 fully saturated rings. The van der Waals surface area contributed by atoms with Gasteiger partial charge in [0.15, 0.2) is 9.84 Å². The third kappa shape index (κ3) is 5.01. The van der Waals surface area contributed by atoms with Gasteiger partial charge in [0.1, 0.15) is 0 Å². The van der Waals surface area contributed by atoms with E-state index in [1.165, 1.54) is 32.1 Å². The fourth-order valence-electron chi connectivity index (χ4n) is 3.53. The fourth-order valence-corrected chi connectivity index (χ4v) is 4.84. The third-order valence-corrected chi connectivity index (χ3v) is 6.42. The summed E-state index contributed by atoms with van der Waals surface area (Å²) in [5, 5.41) is 3.70. The summed E-state index contributed by atoms with van der Waals surface area (Å²) >= 11 is 0. The number of hydrogen-bond acceptors (Lipinski definition) is 4. The summed E-state index contributed by atoms with van der Waals surface area (Å²) in [5.74, 6) is 1.44. The van der Waals surface area contributed by atoms with Crippen molar-refractivity contribution in [3.05, 3.63) is 0 Å². The molecule has 0 amide bonds. The third-order valence-electron chi connectivity index (χ3n) is 4.71. The predicted molar refractivity (Wildman–Crippen MR) is 83.8 cm³/mol. The van der Waals surface area contributed by atoms with Crippen molar-refractivity contribution in [1.82, 2.24) is 10.2 Å². The molecule has 0 radical (unpaired) electrons. The Bertz CT molecular complexity index is 383. The highest BCUT2D eigenvalue weighted by atomic mass is 32.2. The lowest BCUT2D eigenvalue weighted by atomic mass is 9.84. The summed E-state index contributed by atoms with van der Waals surface area (Å²) in [4.78, 5) is 2.39. The molecule has 1 aliphatic carbocycles. The van der Waals surface area contributed by atoms with Crippen LogP contribution in [0.3, 0.4) is 0 Å². The maximum Gasteiger partial charge on any atom is 0.151 e. The predicted octanol–water partition coefficient (Wildman–Crippen LogP) is 1.67. The molecule has 2 aliphatic rings. The van der Waals surface area contributed by atoms with Crippen LogP contribution in [0, 0.1) is 5.92 Å². The summed E-state index contributed by atoms with van der Waals surface area (Å²) in [6.45, 7) is 6.09. The van der Waals surface area contributed by atoms with E-state index in [1.807, 2.05) is 0 Å². The van der Waals surface area contributed by atoms with Crippen molar-refractivity contribution < 1.29 is 8.42 Å². The SMILES string of the molecule is CCCNC1CCCCC1CN1CCCS(=O)(=O)CC1. The number of rotatable bonds is 5. The molecule has 0 aromatic rings. The van der Waals surface area contributed by atoms with E-state index in [1.54, 1.807) is 0 Å². The van der Waals surface area contributed by atoms with E-state index in [2.05, 4.69) is 17.1 Å². The van der Waals surface area contributed by atoms with Gasteiger partial charge in [-0.2, -0.15) is 0 Å². The molecular weight excluding hydrogens is 272 g/mol. The number of nitrogens with one attached hydrogen (secondary N) is 1. The van der Waals surface area contributed by atoms with Crippen LogP contribution in [0.5, 0.6) is 0 Å². The maximum absolute atomic E-state index is 11.7. The van der Waals surface area contributed by atoms with Crippen LogP contribution in [0.2, 0.25) is 0 Å². The first-order valence-corrected chi connectivity index (χ1v) is 10.1. The summed E-state index contributed by atoms with van der Waals surface area (Å²) in [7, 11) is -2.78. The summed E-state index contributed by atoms with van der Waals surface area (Å²) in [5.41, 5.74) is 0. The lowest BCUT2D eigenvalue weighted by molar-refractivity contribution is 0.175. The van der Waals surface area contributed by atoms with Crippen LogP contribution in [-0.2, 0) is 9.84 Å². The summed E-state index contributed by atoms with van der Waals surface area (Å²) < 4.78 is 23.3. The van der Waals surface area contributed by atoms with E-state index in [-0.39, 0.29) is 0 Å². The topological polar surface area (TPSA) is 49.4 Å². The van der Waals surface area contributed by atoms with E-state index in [0.717, 1.165) is 32.6 Å². The van der Waals surface area contributed by atoms with E-state index >= 15 is 0 Å². The van der Waals surface area contributed by atoms with Crippen LogP contribution in [0.15, 0.2) is 0 Å². The van der Waals surface area contributed by atoms with Gasteiger partial charge < -0.3 is 10.2 Å². The van der Waals surface area contributed by atoms with Crippen LogP contribution in [0.4, 0.5) is 0 Å². The average Bonchev–Trinajstić information content (AvgIpc) is 2.59. The van der Waals surface area contributed by atoms with Crippen LogP contribution in [0.25, 0.3) is 0 Å². The van der Waals surface area contributed by atoms with Gasteiger partial charge in [-0.25, -0.2) is 8.42 Å². The lowest BCUT2D eigenvalue weighted by Crippen LogP contribution is -2.45. The smallest absolute Gasteiger partial charge is 0.151 e. The minimum atomic E-state index is -2.78. The Labute approximate surface area is 124 Å². The quantitative estimate of drug-likeness (QED) is 0.839. The van der Waals surface area contributed by atoms with E-state index < -0.39 is 9.84 Å². The normalized spacial score (nSPS) is 31.9. The second-order valence-corrected chi connectivity index (χ2v) is 8.71. The van der Waals surface area contributed by atoms with Crippen LogP contribution in [-0.4, -0.2) is 57.0 Å². The first-order valence-electron chi connectivity index (χ1n) is 8.27. The van der Waals surface area contributed by atoms with E-state index in [4.69, 9.17) is 0 Å². The fraction of sp³-hybridized carbons (Fsp3) is 1.00. The zero-order valence-corrected chi connectivity index (χ0v) is 13.6. The van der Waals surface area contributed by atoms with Gasteiger partial charge in [0.05, 0.1) is 11.5 Å². The lowest BCUT2D eigenvalue weighted by Gasteiger charge is -2.35. The number of sulfone groups is 1. The molecule has 1 saturated carbocycles. The molecule has 0 aromatic heterocycles. The molecule has 1 aliphatic heterocycles. The standard InChI is InChI=1S/C15H30N2O2S/c1-2-8-16-15-7-4-3-6-14(15)13-17-9-5-11-20(18,19)12-10-17/h14-16H,2-13H2,1H3. The Kier molecular flexibility index (Phi) is 6.30. The minimum absolute atomic E-state index is 0.354. The Morgan fingerprint density at radius 3 is 2.70 bits per heavy atom. The van der Waals surface area contributed by atoms with Crippen molar-refractivity contribution in [2.45, 2.75) is 51.5 Å². The molecule has 118 valence electrons. The largest absolute Gasteiger partial charge is 0.314 e. The van der Waals surface area contributed by atoms with Crippen LogP contribution >= 0.6 is 0 Å². The highest BCUT2D eigenvalue weighted by Crippen LogP contribution is 2.25. The van der Waals surface area contributed by atoms with Crippen molar-refractivity contribution in [2.75, 3.05) is 37.7 Å². The van der Waals surface area contributed by atoms with Gasteiger partial charge in [-0.1, -0.05) is 19.8 Å². The van der Waals surface area contributed by atoms with E-state index in [9.17, 15) is 8.42 Å². The van der Waals surface area contributed by atoms with Crippen LogP contribution < -0.4 is 5.32 Å². The summed E-state index contributed by atoms with van der Waals surface area (Å²) in [6.07, 6.45) is 7.25. The highest BCUT2D eigenvalue weighted by molar-refractivity contribution is 7.91. The molecule has 2 unspecified atom stereocenters. The first-order chi connectivity index (χ1) is 9.61. The van der Waals surface area contributed by atoms with Gasteiger partial charge >= 0.3 is 0 Å². The van der Waals surface area contributed by atoms with Gasteiger partial charge in [0.25, 0.3) is 0 Å². The maximum atomic E-state index is 11.7. The number of hydrogen-bond donors (Lipinski definition) is 1. The molecule has 20 heavy (non-hydrogen) atoms. The molecule has 0 bridgehead atoms. The highest BCUT2D eigenvalue weighted by Gasteiger charge is 2.28. The van der Waals surface area contributed by atoms with Gasteiger partial charge in [-0.15, -0.1) is 0 Å². The molecule has 0 spiro atoms. The van der Waals surface area contributed by atoms with Crippen molar-refractivity contribution >= 4 is 9.84 Å². The van der Waals surface area contributed by atoms with Gasteiger partial charge in [0.2, 0.25) is 0 Å².